The Kier molecular flexibility index (Phi) is 5.09. The molecule has 0 radical (unpaired) electrons. The number of rotatable bonds is 4. The van der Waals surface area contributed by atoms with Crippen molar-refractivity contribution in [2.24, 2.45) is 0 Å². The van der Waals surface area contributed by atoms with E-state index in [2.05, 4.69) is 0 Å². The largest absolute Gasteiger partial charge is 0.417 e. The van der Waals surface area contributed by atoms with Crippen LogP contribution in [0.4, 0.5) is 18.9 Å². The number of halogens is 4. The first-order valence-electron chi connectivity index (χ1n) is 7.79. The third-order valence-electron chi connectivity index (χ3n) is 3.96. The van der Waals surface area contributed by atoms with Crippen LogP contribution >= 0.6 is 11.6 Å². The van der Waals surface area contributed by atoms with Gasteiger partial charge in [0.25, 0.3) is 0 Å². The first kappa shape index (κ1) is 19.5. The minimum Gasteiger partial charge on any atom is -0.379 e. The summed E-state index contributed by atoms with van der Waals surface area (Å²) in [6, 6.07) is 7.90. The fourth-order valence-corrected chi connectivity index (χ4v) is 3.84. The Bertz CT molecular complexity index is 975. The van der Waals surface area contributed by atoms with Gasteiger partial charge in [-0.15, -0.1) is 0 Å². The smallest absolute Gasteiger partial charge is 0.379 e. The quantitative estimate of drug-likeness (QED) is 0.695. The van der Waals surface area contributed by atoms with E-state index in [1.165, 1.54) is 24.3 Å². The molecule has 1 fully saturated rings. The number of nitrogens with zero attached hydrogens (tertiary/aromatic N) is 1. The van der Waals surface area contributed by atoms with E-state index in [1.807, 2.05) is 0 Å². The number of anilines is 1. The Balaban J connectivity index is 1.83. The van der Waals surface area contributed by atoms with Gasteiger partial charge in [-0.25, -0.2) is 0 Å². The maximum Gasteiger partial charge on any atom is 0.417 e. The third-order valence-corrected chi connectivity index (χ3v) is 5.53. The van der Waals surface area contributed by atoms with Crippen molar-refractivity contribution in [1.29, 1.82) is 0 Å². The minimum absolute atomic E-state index is 0.0304. The first-order chi connectivity index (χ1) is 12.6. The van der Waals surface area contributed by atoms with E-state index in [1.54, 1.807) is 4.90 Å². The zero-order chi connectivity index (χ0) is 19.8. The van der Waals surface area contributed by atoms with E-state index in [0.717, 1.165) is 18.6 Å². The van der Waals surface area contributed by atoms with Gasteiger partial charge in [0, 0.05) is 18.7 Å². The van der Waals surface area contributed by atoms with Crippen LogP contribution in [0.15, 0.2) is 47.4 Å². The lowest BCUT2D eigenvalue weighted by atomic mass is 10.2. The highest BCUT2D eigenvalue weighted by molar-refractivity contribution is 7.87. The van der Waals surface area contributed by atoms with Gasteiger partial charge in [0.1, 0.15) is 10.6 Å². The molecule has 1 aliphatic heterocycles. The van der Waals surface area contributed by atoms with Gasteiger partial charge in [-0.1, -0.05) is 11.6 Å². The van der Waals surface area contributed by atoms with Crippen molar-refractivity contribution in [2.45, 2.75) is 23.9 Å². The fourth-order valence-electron chi connectivity index (χ4n) is 2.65. The first-order valence-corrected chi connectivity index (χ1v) is 9.58. The zero-order valence-electron chi connectivity index (χ0n) is 13.7. The Hall–Kier alpha value is -2.26. The summed E-state index contributed by atoms with van der Waals surface area (Å²) in [7, 11) is -4.49. The monoisotopic (exact) mass is 419 g/mol. The van der Waals surface area contributed by atoms with E-state index in [4.69, 9.17) is 15.8 Å². The van der Waals surface area contributed by atoms with Gasteiger partial charge in [0.2, 0.25) is 5.91 Å². The van der Waals surface area contributed by atoms with Gasteiger partial charge in [-0.3, -0.25) is 4.79 Å². The molecular formula is C17H13ClF3NO4S. The van der Waals surface area contributed by atoms with Gasteiger partial charge < -0.3 is 9.08 Å². The SMILES string of the molecule is O=C1CCCN1c1ccc(OS(=O)(=O)c2ccc(Cl)c(C(F)(F)F)c2)cc1. The molecule has 1 amide bonds. The standard InChI is InChI=1S/C17H13ClF3NO4S/c18-15-8-7-13(10-14(15)17(19,20)21)27(24,25)26-12-5-3-11(4-6-12)22-9-1-2-16(22)23/h3-8,10H,1-2,9H2. The maximum absolute atomic E-state index is 12.9. The predicted octanol–water partition coefficient (Wildman–Crippen LogP) is 4.25. The predicted molar refractivity (Wildman–Crippen MR) is 92.3 cm³/mol. The van der Waals surface area contributed by atoms with Crippen LogP contribution in [0.5, 0.6) is 5.75 Å². The minimum atomic E-state index is -4.80. The summed E-state index contributed by atoms with van der Waals surface area (Å²) in [6.07, 6.45) is -3.61. The van der Waals surface area contributed by atoms with Crippen molar-refractivity contribution in [3.63, 3.8) is 0 Å². The summed E-state index contributed by atoms with van der Waals surface area (Å²) in [5.74, 6) is -0.119. The van der Waals surface area contributed by atoms with Crippen LogP contribution in [0.3, 0.4) is 0 Å². The van der Waals surface area contributed by atoms with Gasteiger partial charge in [-0.2, -0.15) is 21.6 Å². The van der Waals surface area contributed by atoms with Crippen LogP contribution in [-0.4, -0.2) is 20.9 Å². The number of carbonyl (C=O) groups is 1. The number of alkyl halides is 3. The normalized spacial score (nSPS) is 15.3. The van der Waals surface area contributed by atoms with E-state index >= 15 is 0 Å². The van der Waals surface area contributed by atoms with Crippen molar-refractivity contribution in [1.82, 2.24) is 0 Å². The summed E-state index contributed by atoms with van der Waals surface area (Å²) < 4.78 is 68.2. The van der Waals surface area contributed by atoms with Crippen molar-refractivity contribution in [2.75, 3.05) is 11.4 Å². The van der Waals surface area contributed by atoms with Crippen LogP contribution in [-0.2, 0) is 21.1 Å². The van der Waals surface area contributed by atoms with Crippen molar-refractivity contribution >= 4 is 33.3 Å². The summed E-state index contributed by atoms with van der Waals surface area (Å²) in [5.41, 5.74) is -0.676. The lowest BCUT2D eigenvalue weighted by molar-refractivity contribution is -0.137. The molecule has 1 heterocycles. The number of hydrogen-bond acceptors (Lipinski definition) is 4. The van der Waals surface area contributed by atoms with Crippen LogP contribution in [0.2, 0.25) is 5.02 Å². The molecule has 0 saturated carbocycles. The molecule has 3 rings (SSSR count). The molecule has 0 spiro atoms. The molecule has 27 heavy (non-hydrogen) atoms. The van der Waals surface area contributed by atoms with Crippen LogP contribution < -0.4 is 9.08 Å². The molecule has 0 atom stereocenters. The lowest BCUT2D eigenvalue weighted by Gasteiger charge is -2.16. The second-order valence-corrected chi connectivity index (χ2v) is 7.77. The highest BCUT2D eigenvalue weighted by Gasteiger charge is 2.35. The fraction of sp³-hybridized carbons (Fsp3) is 0.235. The summed E-state index contributed by atoms with van der Waals surface area (Å²) in [6.45, 7) is 0.572. The molecule has 0 bridgehead atoms. The lowest BCUT2D eigenvalue weighted by Crippen LogP contribution is -2.23. The van der Waals surface area contributed by atoms with E-state index in [0.29, 0.717) is 24.7 Å². The Morgan fingerprint density at radius 1 is 1.07 bits per heavy atom. The molecule has 5 nitrogen and oxygen atoms in total. The Labute approximate surface area is 158 Å². The summed E-state index contributed by atoms with van der Waals surface area (Å²) in [4.78, 5) is 12.6. The molecule has 10 heteroatoms. The van der Waals surface area contributed by atoms with Gasteiger partial charge in [0.05, 0.1) is 10.6 Å². The average Bonchev–Trinajstić information content (AvgIpc) is 3.00. The second-order valence-electron chi connectivity index (χ2n) is 5.82. The number of benzene rings is 2. The summed E-state index contributed by atoms with van der Waals surface area (Å²) in [5, 5.41) is -0.610. The molecular weight excluding hydrogens is 407 g/mol. The van der Waals surface area contributed by atoms with Gasteiger partial charge in [0.15, 0.2) is 0 Å². The molecule has 0 aromatic heterocycles. The van der Waals surface area contributed by atoms with Gasteiger partial charge in [-0.05, 0) is 48.9 Å². The van der Waals surface area contributed by atoms with E-state index in [-0.39, 0.29) is 11.7 Å². The molecule has 0 aliphatic carbocycles. The van der Waals surface area contributed by atoms with E-state index in [9.17, 15) is 26.4 Å². The highest BCUT2D eigenvalue weighted by Crippen LogP contribution is 2.36. The molecule has 1 aliphatic rings. The third kappa shape index (κ3) is 4.19. The van der Waals surface area contributed by atoms with Crippen molar-refractivity contribution < 1.29 is 30.6 Å². The van der Waals surface area contributed by atoms with Gasteiger partial charge >= 0.3 is 16.3 Å². The molecule has 1 saturated heterocycles. The molecule has 2 aromatic carbocycles. The average molecular weight is 420 g/mol. The number of hydrogen-bond donors (Lipinski definition) is 0. The van der Waals surface area contributed by atoms with Crippen molar-refractivity contribution in [3.8, 4) is 5.75 Å². The van der Waals surface area contributed by atoms with Crippen LogP contribution in [0.1, 0.15) is 18.4 Å². The van der Waals surface area contributed by atoms with Crippen molar-refractivity contribution in [3.05, 3.63) is 53.1 Å². The molecule has 0 unspecified atom stereocenters. The molecule has 0 N–H and O–H groups in total. The highest BCUT2D eigenvalue weighted by atomic mass is 35.5. The summed E-state index contributed by atoms with van der Waals surface area (Å²) >= 11 is 5.49. The topological polar surface area (TPSA) is 63.7 Å². The Morgan fingerprint density at radius 2 is 1.74 bits per heavy atom. The number of carbonyl (C=O) groups excluding carboxylic acids is 1. The maximum atomic E-state index is 12.9. The van der Waals surface area contributed by atoms with Crippen LogP contribution in [0, 0.1) is 0 Å². The molecule has 144 valence electrons. The Morgan fingerprint density at radius 3 is 2.30 bits per heavy atom. The number of amides is 1. The van der Waals surface area contributed by atoms with Crippen LogP contribution in [0.25, 0.3) is 0 Å². The molecule has 2 aromatic rings. The zero-order valence-corrected chi connectivity index (χ0v) is 15.2. The van der Waals surface area contributed by atoms with E-state index < -0.39 is 31.8 Å². The second kappa shape index (κ2) is 7.05.